The summed E-state index contributed by atoms with van der Waals surface area (Å²) in [4.78, 5) is 12.8. The van der Waals surface area contributed by atoms with Gasteiger partial charge in [0.15, 0.2) is 0 Å². The van der Waals surface area contributed by atoms with E-state index < -0.39 is 10.0 Å². The van der Waals surface area contributed by atoms with Gasteiger partial charge in [-0.2, -0.15) is 0 Å². The molecule has 0 saturated carbocycles. The molecule has 6 nitrogen and oxygen atoms in total. The van der Waals surface area contributed by atoms with E-state index in [2.05, 4.69) is 26.0 Å². The van der Waals surface area contributed by atoms with Crippen LogP contribution in [0.3, 0.4) is 0 Å². The van der Waals surface area contributed by atoms with Crippen LogP contribution in [-0.2, 0) is 10.0 Å². The van der Waals surface area contributed by atoms with Gasteiger partial charge in [0.25, 0.3) is 15.9 Å². The van der Waals surface area contributed by atoms with Crippen LogP contribution in [-0.4, -0.2) is 21.4 Å². The fraction of sp³-hybridized carbons (Fsp3) is 0.0952. The van der Waals surface area contributed by atoms with Gasteiger partial charge in [-0.15, -0.1) is 0 Å². The number of amides is 1. The predicted molar refractivity (Wildman–Crippen MR) is 117 cm³/mol. The molecular formula is C21H19BrN2O4S. The summed E-state index contributed by atoms with van der Waals surface area (Å²) >= 11 is 3.28. The van der Waals surface area contributed by atoms with Crippen molar-refractivity contribution in [1.29, 1.82) is 0 Å². The van der Waals surface area contributed by atoms with Gasteiger partial charge in [0, 0.05) is 15.7 Å². The minimum absolute atomic E-state index is 0.125. The summed E-state index contributed by atoms with van der Waals surface area (Å²) in [7, 11) is -2.24. The van der Waals surface area contributed by atoms with Crippen LogP contribution < -0.4 is 14.8 Å². The Morgan fingerprint density at radius 1 is 1.00 bits per heavy atom. The summed E-state index contributed by atoms with van der Waals surface area (Å²) in [5, 5.41) is 2.80. The number of nitrogens with one attached hydrogen (secondary N) is 2. The smallest absolute Gasteiger partial charge is 0.261 e. The van der Waals surface area contributed by atoms with Crippen LogP contribution in [0, 0.1) is 6.92 Å². The first-order chi connectivity index (χ1) is 13.8. The van der Waals surface area contributed by atoms with Gasteiger partial charge in [-0.3, -0.25) is 9.52 Å². The Kier molecular flexibility index (Phi) is 6.24. The molecule has 150 valence electrons. The molecule has 0 radical (unpaired) electrons. The molecule has 0 saturated heterocycles. The zero-order chi connectivity index (χ0) is 21.0. The monoisotopic (exact) mass is 474 g/mol. The molecule has 29 heavy (non-hydrogen) atoms. The van der Waals surface area contributed by atoms with E-state index in [0.717, 1.165) is 10.0 Å². The molecule has 8 heteroatoms. The standard InChI is InChI=1S/C21H19BrN2O4S/c1-14-6-11-20(28-2)19(12-14)23-21(25)15-4-3-5-17(13-15)24-29(26,27)18-9-7-16(22)8-10-18/h3-13,24H,1-2H3,(H,23,25). The fourth-order valence-electron chi connectivity index (χ4n) is 2.67. The maximum atomic E-state index is 12.7. The van der Waals surface area contributed by atoms with Crippen molar-refractivity contribution in [3.05, 3.63) is 82.3 Å². The zero-order valence-corrected chi connectivity index (χ0v) is 18.2. The van der Waals surface area contributed by atoms with Crippen LogP contribution in [0.2, 0.25) is 0 Å². The summed E-state index contributed by atoms with van der Waals surface area (Å²) in [5.74, 6) is 0.162. The summed E-state index contributed by atoms with van der Waals surface area (Å²) in [6.45, 7) is 1.91. The lowest BCUT2D eigenvalue weighted by molar-refractivity contribution is 0.102. The largest absolute Gasteiger partial charge is 0.495 e. The van der Waals surface area contributed by atoms with Crippen LogP contribution in [0.1, 0.15) is 15.9 Å². The molecule has 2 N–H and O–H groups in total. The Bertz CT molecular complexity index is 1150. The fourth-order valence-corrected chi connectivity index (χ4v) is 3.98. The summed E-state index contributed by atoms with van der Waals surface area (Å²) in [5.41, 5.74) is 2.11. The Hall–Kier alpha value is -2.84. The SMILES string of the molecule is COc1ccc(C)cc1NC(=O)c1cccc(NS(=O)(=O)c2ccc(Br)cc2)c1. The second-order valence-electron chi connectivity index (χ2n) is 6.30. The molecule has 3 rings (SSSR count). The molecule has 3 aromatic carbocycles. The van der Waals surface area contributed by atoms with E-state index in [1.54, 1.807) is 42.5 Å². The lowest BCUT2D eigenvalue weighted by atomic mass is 10.1. The maximum absolute atomic E-state index is 12.7. The van der Waals surface area contributed by atoms with Crippen molar-refractivity contribution >= 4 is 43.2 Å². The lowest BCUT2D eigenvalue weighted by Gasteiger charge is -2.12. The van der Waals surface area contributed by atoms with E-state index in [9.17, 15) is 13.2 Å². The molecule has 0 heterocycles. The quantitative estimate of drug-likeness (QED) is 0.536. The van der Waals surface area contributed by atoms with Crippen molar-refractivity contribution in [3.8, 4) is 5.75 Å². The molecule has 0 unspecified atom stereocenters. The van der Waals surface area contributed by atoms with E-state index >= 15 is 0 Å². The third kappa shape index (κ3) is 5.16. The van der Waals surface area contributed by atoms with Gasteiger partial charge < -0.3 is 10.1 Å². The van der Waals surface area contributed by atoms with Crippen molar-refractivity contribution in [3.63, 3.8) is 0 Å². The van der Waals surface area contributed by atoms with Crippen molar-refractivity contribution in [2.75, 3.05) is 17.1 Å². The molecule has 0 aliphatic heterocycles. The first kappa shape index (κ1) is 20.9. The molecule has 0 aliphatic carbocycles. The van der Waals surface area contributed by atoms with E-state index in [-0.39, 0.29) is 16.5 Å². The number of carbonyl (C=O) groups is 1. The lowest BCUT2D eigenvalue weighted by Crippen LogP contribution is -2.15. The normalized spacial score (nSPS) is 11.0. The second kappa shape index (κ2) is 8.67. The van der Waals surface area contributed by atoms with Gasteiger partial charge in [-0.25, -0.2) is 8.42 Å². The predicted octanol–water partition coefficient (Wildman–Crippen LogP) is 4.82. The van der Waals surface area contributed by atoms with Gasteiger partial charge >= 0.3 is 0 Å². The zero-order valence-electron chi connectivity index (χ0n) is 15.8. The van der Waals surface area contributed by atoms with E-state index in [0.29, 0.717) is 17.0 Å². The van der Waals surface area contributed by atoms with Gasteiger partial charge in [0.1, 0.15) is 5.75 Å². The van der Waals surface area contributed by atoms with Crippen molar-refractivity contribution in [2.24, 2.45) is 0 Å². The molecule has 0 fully saturated rings. The first-order valence-electron chi connectivity index (χ1n) is 8.63. The number of methoxy groups -OCH3 is 1. The molecule has 3 aromatic rings. The number of benzene rings is 3. The summed E-state index contributed by atoms with van der Waals surface area (Å²) in [6, 6.07) is 18.0. The third-order valence-electron chi connectivity index (χ3n) is 4.10. The number of ether oxygens (including phenoxy) is 1. The highest BCUT2D eigenvalue weighted by atomic mass is 79.9. The van der Waals surface area contributed by atoms with Crippen LogP contribution in [0.5, 0.6) is 5.75 Å². The number of anilines is 2. The molecule has 0 bridgehead atoms. The highest BCUT2D eigenvalue weighted by molar-refractivity contribution is 9.10. The molecule has 1 amide bonds. The van der Waals surface area contributed by atoms with Gasteiger partial charge in [-0.1, -0.05) is 28.1 Å². The topological polar surface area (TPSA) is 84.5 Å². The molecule has 0 aromatic heterocycles. The van der Waals surface area contributed by atoms with E-state index in [1.165, 1.54) is 25.3 Å². The molecule has 0 spiro atoms. The number of aryl methyl sites for hydroxylation is 1. The number of carbonyl (C=O) groups excluding carboxylic acids is 1. The Balaban J connectivity index is 1.81. The summed E-state index contributed by atoms with van der Waals surface area (Å²) < 4.78 is 33.7. The van der Waals surface area contributed by atoms with Gasteiger partial charge in [0.2, 0.25) is 0 Å². The first-order valence-corrected chi connectivity index (χ1v) is 10.9. The van der Waals surface area contributed by atoms with Gasteiger partial charge in [0.05, 0.1) is 17.7 Å². The Morgan fingerprint density at radius 3 is 2.41 bits per heavy atom. The summed E-state index contributed by atoms with van der Waals surface area (Å²) in [6.07, 6.45) is 0. The van der Waals surface area contributed by atoms with Crippen LogP contribution in [0.15, 0.2) is 76.1 Å². The Morgan fingerprint density at radius 2 is 1.72 bits per heavy atom. The van der Waals surface area contributed by atoms with E-state index in [4.69, 9.17) is 4.74 Å². The van der Waals surface area contributed by atoms with E-state index in [1.807, 2.05) is 13.0 Å². The van der Waals surface area contributed by atoms with Crippen molar-refractivity contribution < 1.29 is 17.9 Å². The third-order valence-corrected chi connectivity index (χ3v) is 6.03. The van der Waals surface area contributed by atoms with Crippen LogP contribution in [0.4, 0.5) is 11.4 Å². The van der Waals surface area contributed by atoms with Crippen LogP contribution in [0.25, 0.3) is 0 Å². The molecular weight excluding hydrogens is 456 g/mol. The maximum Gasteiger partial charge on any atom is 0.261 e. The van der Waals surface area contributed by atoms with Gasteiger partial charge in [-0.05, 0) is 67.1 Å². The number of hydrogen-bond acceptors (Lipinski definition) is 4. The highest BCUT2D eigenvalue weighted by Crippen LogP contribution is 2.26. The number of rotatable bonds is 6. The molecule has 0 aliphatic rings. The second-order valence-corrected chi connectivity index (χ2v) is 8.90. The average molecular weight is 475 g/mol. The average Bonchev–Trinajstić information content (AvgIpc) is 2.68. The number of hydrogen-bond donors (Lipinski definition) is 2. The number of halogens is 1. The molecule has 0 atom stereocenters. The van der Waals surface area contributed by atoms with Crippen molar-refractivity contribution in [1.82, 2.24) is 0 Å². The minimum atomic E-state index is -3.77. The van der Waals surface area contributed by atoms with Crippen molar-refractivity contribution in [2.45, 2.75) is 11.8 Å². The number of sulfonamides is 1. The highest BCUT2D eigenvalue weighted by Gasteiger charge is 2.16. The Labute approximate surface area is 178 Å². The minimum Gasteiger partial charge on any atom is -0.495 e. The van der Waals surface area contributed by atoms with Crippen LogP contribution >= 0.6 is 15.9 Å².